The lowest BCUT2D eigenvalue weighted by molar-refractivity contribution is -0.175. The van der Waals surface area contributed by atoms with E-state index in [4.69, 9.17) is 0 Å². The van der Waals surface area contributed by atoms with Gasteiger partial charge in [-0.3, -0.25) is 0 Å². The molecule has 0 saturated carbocycles. The second-order valence-electron chi connectivity index (χ2n) is 4.22. The van der Waals surface area contributed by atoms with Crippen LogP contribution in [0.3, 0.4) is 0 Å². The Kier molecular flexibility index (Phi) is 6.24. The topological polar surface area (TPSA) is 21.3 Å². The molecule has 0 aromatic heterocycles. The summed E-state index contributed by atoms with van der Waals surface area (Å²) in [6.07, 6.45) is -3.82. The van der Waals surface area contributed by atoms with E-state index in [2.05, 4.69) is 10.1 Å². The maximum atomic E-state index is 12.7. The zero-order valence-electron chi connectivity index (χ0n) is 10.6. The SMILES string of the molecule is CCNC(COCC(F)(F)F)Cc1ccc(F)cc1. The van der Waals surface area contributed by atoms with Crippen molar-refractivity contribution < 1.29 is 22.3 Å². The number of halogens is 4. The lowest BCUT2D eigenvalue weighted by Crippen LogP contribution is -2.36. The fraction of sp³-hybridized carbons (Fsp3) is 0.538. The Morgan fingerprint density at radius 2 is 1.84 bits per heavy atom. The summed E-state index contributed by atoms with van der Waals surface area (Å²) in [6.45, 7) is 1.20. The van der Waals surface area contributed by atoms with E-state index < -0.39 is 12.8 Å². The third kappa shape index (κ3) is 7.12. The first-order valence-corrected chi connectivity index (χ1v) is 6.03. The average molecular weight is 279 g/mol. The maximum Gasteiger partial charge on any atom is 0.411 e. The molecule has 0 bridgehead atoms. The lowest BCUT2D eigenvalue weighted by Gasteiger charge is -2.18. The van der Waals surface area contributed by atoms with Crippen LogP contribution in [0.15, 0.2) is 24.3 Å². The number of alkyl halides is 3. The molecule has 1 unspecified atom stereocenters. The fourth-order valence-corrected chi connectivity index (χ4v) is 1.70. The number of likely N-dealkylation sites (N-methyl/N-ethyl adjacent to an activating group) is 1. The van der Waals surface area contributed by atoms with E-state index in [-0.39, 0.29) is 18.5 Å². The molecule has 0 saturated heterocycles. The molecule has 6 heteroatoms. The molecule has 0 aliphatic heterocycles. The summed E-state index contributed by atoms with van der Waals surface area (Å²) in [5, 5.41) is 3.05. The van der Waals surface area contributed by atoms with Gasteiger partial charge in [-0.1, -0.05) is 19.1 Å². The van der Waals surface area contributed by atoms with Gasteiger partial charge in [0.15, 0.2) is 0 Å². The van der Waals surface area contributed by atoms with E-state index in [0.717, 1.165) is 5.56 Å². The highest BCUT2D eigenvalue weighted by molar-refractivity contribution is 5.17. The van der Waals surface area contributed by atoms with Crippen molar-refractivity contribution in [3.05, 3.63) is 35.6 Å². The van der Waals surface area contributed by atoms with E-state index in [0.29, 0.717) is 13.0 Å². The third-order valence-corrected chi connectivity index (χ3v) is 2.47. The summed E-state index contributed by atoms with van der Waals surface area (Å²) >= 11 is 0. The molecule has 108 valence electrons. The predicted octanol–water partition coefficient (Wildman–Crippen LogP) is 2.93. The normalized spacial score (nSPS) is 13.5. The van der Waals surface area contributed by atoms with E-state index in [1.165, 1.54) is 12.1 Å². The van der Waals surface area contributed by atoms with Gasteiger partial charge >= 0.3 is 6.18 Å². The lowest BCUT2D eigenvalue weighted by atomic mass is 10.1. The molecule has 0 aliphatic rings. The number of hydrogen-bond acceptors (Lipinski definition) is 2. The van der Waals surface area contributed by atoms with Gasteiger partial charge in [-0.25, -0.2) is 4.39 Å². The first kappa shape index (κ1) is 15.9. The van der Waals surface area contributed by atoms with Crippen LogP contribution in [0.5, 0.6) is 0 Å². The quantitative estimate of drug-likeness (QED) is 0.775. The van der Waals surface area contributed by atoms with Gasteiger partial charge in [0.1, 0.15) is 12.4 Å². The Balaban J connectivity index is 2.45. The van der Waals surface area contributed by atoms with Crippen LogP contribution in [0.2, 0.25) is 0 Å². The summed E-state index contributed by atoms with van der Waals surface area (Å²) in [6, 6.07) is 5.66. The summed E-state index contributed by atoms with van der Waals surface area (Å²) in [5.41, 5.74) is 0.850. The standard InChI is InChI=1S/C13H17F4NO/c1-2-18-12(8-19-9-13(15,16)17)7-10-3-5-11(14)6-4-10/h3-6,12,18H,2,7-9H2,1H3. The van der Waals surface area contributed by atoms with Gasteiger partial charge in [0.25, 0.3) is 0 Å². The van der Waals surface area contributed by atoms with Gasteiger partial charge in [0.2, 0.25) is 0 Å². The summed E-state index contributed by atoms with van der Waals surface area (Å²) in [5.74, 6) is -0.336. The second kappa shape index (κ2) is 7.45. The van der Waals surface area contributed by atoms with Crippen LogP contribution in [0.1, 0.15) is 12.5 Å². The average Bonchev–Trinajstić information content (AvgIpc) is 2.30. The molecule has 0 radical (unpaired) electrons. The molecule has 1 aromatic carbocycles. The predicted molar refractivity (Wildman–Crippen MR) is 64.4 cm³/mol. The molecular weight excluding hydrogens is 262 g/mol. The first-order valence-electron chi connectivity index (χ1n) is 6.03. The highest BCUT2D eigenvalue weighted by atomic mass is 19.4. The Labute approximate surface area is 109 Å². The highest BCUT2D eigenvalue weighted by Gasteiger charge is 2.27. The molecule has 0 amide bonds. The van der Waals surface area contributed by atoms with Gasteiger partial charge in [-0.05, 0) is 30.7 Å². The largest absolute Gasteiger partial charge is 0.411 e. The van der Waals surface area contributed by atoms with Crippen molar-refractivity contribution in [3.8, 4) is 0 Å². The Hall–Kier alpha value is -1.14. The van der Waals surface area contributed by atoms with Crippen LogP contribution in [0.25, 0.3) is 0 Å². The molecule has 0 heterocycles. The Morgan fingerprint density at radius 3 is 2.37 bits per heavy atom. The van der Waals surface area contributed by atoms with Crippen molar-refractivity contribution in [3.63, 3.8) is 0 Å². The monoisotopic (exact) mass is 279 g/mol. The van der Waals surface area contributed by atoms with Crippen molar-refractivity contribution in [2.24, 2.45) is 0 Å². The van der Waals surface area contributed by atoms with Crippen LogP contribution < -0.4 is 5.32 Å². The number of rotatable bonds is 7. The van der Waals surface area contributed by atoms with Crippen molar-refractivity contribution in [1.82, 2.24) is 5.32 Å². The van der Waals surface area contributed by atoms with Gasteiger partial charge in [-0.15, -0.1) is 0 Å². The summed E-state index contributed by atoms with van der Waals surface area (Å²) in [4.78, 5) is 0. The van der Waals surface area contributed by atoms with Crippen LogP contribution in [-0.2, 0) is 11.2 Å². The van der Waals surface area contributed by atoms with Crippen LogP contribution in [-0.4, -0.2) is 32.0 Å². The van der Waals surface area contributed by atoms with Gasteiger partial charge in [0.05, 0.1) is 6.61 Å². The minimum atomic E-state index is -4.31. The third-order valence-electron chi connectivity index (χ3n) is 2.47. The van der Waals surface area contributed by atoms with E-state index in [1.54, 1.807) is 12.1 Å². The number of benzene rings is 1. The Bertz CT molecular complexity index is 364. The van der Waals surface area contributed by atoms with Crippen LogP contribution in [0.4, 0.5) is 17.6 Å². The number of ether oxygens (including phenoxy) is 1. The van der Waals surface area contributed by atoms with E-state index >= 15 is 0 Å². The molecule has 0 fully saturated rings. The molecule has 1 rings (SSSR count). The van der Waals surface area contributed by atoms with Gasteiger partial charge < -0.3 is 10.1 Å². The van der Waals surface area contributed by atoms with E-state index in [1.807, 2.05) is 6.92 Å². The van der Waals surface area contributed by atoms with Crippen molar-refractivity contribution >= 4 is 0 Å². The molecule has 0 aliphatic carbocycles. The van der Waals surface area contributed by atoms with Crippen molar-refractivity contribution in [2.75, 3.05) is 19.8 Å². The van der Waals surface area contributed by atoms with Crippen molar-refractivity contribution in [1.29, 1.82) is 0 Å². The Morgan fingerprint density at radius 1 is 1.21 bits per heavy atom. The molecule has 19 heavy (non-hydrogen) atoms. The summed E-state index contributed by atoms with van der Waals surface area (Å²) in [7, 11) is 0. The molecule has 1 aromatic rings. The minimum Gasteiger partial charge on any atom is -0.370 e. The smallest absolute Gasteiger partial charge is 0.370 e. The number of hydrogen-bond donors (Lipinski definition) is 1. The van der Waals surface area contributed by atoms with Crippen molar-refractivity contribution in [2.45, 2.75) is 25.6 Å². The van der Waals surface area contributed by atoms with Gasteiger partial charge in [0, 0.05) is 6.04 Å². The second-order valence-corrected chi connectivity index (χ2v) is 4.22. The molecule has 0 spiro atoms. The minimum absolute atomic E-state index is 0.0370. The number of nitrogens with one attached hydrogen (secondary N) is 1. The molecule has 2 nitrogen and oxygen atoms in total. The highest BCUT2D eigenvalue weighted by Crippen LogP contribution is 2.15. The zero-order valence-corrected chi connectivity index (χ0v) is 10.6. The summed E-state index contributed by atoms with van der Waals surface area (Å²) < 4.78 is 53.3. The fourth-order valence-electron chi connectivity index (χ4n) is 1.70. The van der Waals surface area contributed by atoms with E-state index in [9.17, 15) is 17.6 Å². The first-order chi connectivity index (χ1) is 8.90. The molecule has 1 atom stereocenters. The zero-order chi connectivity index (χ0) is 14.3. The maximum absolute atomic E-state index is 12.7. The van der Waals surface area contributed by atoms with Crippen LogP contribution in [0, 0.1) is 5.82 Å². The molecule has 1 N–H and O–H groups in total. The van der Waals surface area contributed by atoms with Gasteiger partial charge in [-0.2, -0.15) is 13.2 Å². The molecular formula is C13H17F4NO. The van der Waals surface area contributed by atoms with Crippen LogP contribution >= 0.6 is 0 Å².